The Hall–Kier alpha value is -2.13. The molecule has 0 saturated heterocycles. The second-order valence-corrected chi connectivity index (χ2v) is 8.36. The van der Waals surface area contributed by atoms with Gasteiger partial charge in [-0.3, -0.25) is 0 Å². The molecular weight excluding hydrogens is 400 g/mol. The largest absolute Gasteiger partial charge is 0.493 e. The molecule has 0 atom stereocenters. The highest BCUT2D eigenvalue weighted by molar-refractivity contribution is 7.81. The third-order valence-corrected chi connectivity index (χ3v) is 5.56. The van der Waals surface area contributed by atoms with Gasteiger partial charge in [0, 0.05) is 10.4 Å². The van der Waals surface area contributed by atoms with Gasteiger partial charge in [0.15, 0.2) is 0 Å². The minimum absolute atomic E-state index is 0.745. The lowest BCUT2D eigenvalue weighted by Crippen LogP contribution is -2.05. The van der Waals surface area contributed by atoms with Crippen molar-refractivity contribution < 1.29 is 9.47 Å². The van der Waals surface area contributed by atoms with Crippen molar-refractivity contribution in [2.24, 2.45) is 0 Å². The Morgan fingerprint density at radius 2 is 1.39 bits per heavy atom. The van der Waals surface area contributed by atoms with Crippen molar-refractivity contribution in [3.63, 3.8) is 0 Å². The molecule has 0 aromatic heterocycles. The minimum atomic E-state index is 0.745. The Balaban J connectivity index is 2.27. The van der Waals surface area contributed by atoms with Gasteiger partial charge in [0.25, 0.3) is 0 Å². The number of allylic oxidation sites excluding steroid dienone is 1. The summed E-state index contributed by atoms with van der Waals surface area (Å²) in [6, 6.07) is 14.4. The molecule has 0 fully saturated rings. The zero-order valence-corrected chi connectivity index (χ0v) is 20.3. The van der Waals surface area contributed by atoms with E-state index in [0.717, 1.165) is 66.4 Å². The molecule has 168 valence electrons. The molecule has 0 heterocycles. The predicted octanol–water partition coefficient (Wildman–Crippen LogP) is 8.21. The number of ether oxygens (including phenoxy) is 2. The van der Waals surface area contributed by atoms with E-state index >= 15 is 0 Å². The first-order valence-electron chi connectivity index (χ1n) is 11.9. The summed E-state index contributed by atoms with van der Waals surface area (Å²) in [4.78, 5) is 0.828. The van der Waals surface area contributed by atoms with Crippen molar-refractivity contribution in [3.8, 4) is 11.5 Å². The highest BCUT2D eigenvalue weighted by Crippen LogP contribution is 2.33. The van der Waals surface area contributed by atoms with Crippen molar-refractivity contribution in [2.75, 3.05) is 13.2 Å². The van der Waals surface area contributed by atoms with Crippen molar-refractivity contribution in [1.82, 2.24) is 0 Å². The van der Waals surface area contributed by atoms with Crippen LogP contribution in [0.25, 0.3) is 6.08 Å². The average Bonchev–Trinajstić information content (AvgIpc) is 2.80. The zero-order valence-electron chi connectivity index (χ0n) is 19.5. The van der Waals surface area contributed by atoms with Crippen LogP contribution < -0.4 is 9.47 Å². The molecule has 2 aromatic carbocycles. The number of benzene rings is 2. The maximum absolute atomic E-state index is 6.25. The van der Waals surface area contributed by atoms with E-state index in [1.807, 2.05) is 36.4 Å². The highest BCUT2D eigenvalue weighted by atomic mass is 32.1. The maximum Gasteiger partial charge on any atom is 0.126 e. The van der Waals surface area contributed by atoms with E-state index in [4.69, 9.17) is 21.7 Å². The van der Waals surface area contributed by atoms with Gasteiger partial charge < -0.3 is 9.47 Å². The van der Waals surface area contributed by atoms with Crippen LogP contribution in [0.2, 0.25) is 0 Å². The van der Waals surface area contributed by atoms with E-state index < -0.39 is 0 Å². The smallest absolute Gasteiger partial charge is 0.126 e. The first-order chi connectivity index (χ1) is 15.2. The lowest BCUT2D eigenvalue weighted by molar-refractivity contribution is 0.285. The van der Waals surface area contributed by atoms with Gasteiger partial charge in [-0.2, -0.15) is 0 Å². The molecule has 0 unspecified atom stereocenters. The summed E-state index contributed by atoms with van der Waals surface area (Å²) >= 11 is 5.60. The van der Waals surface area contributed by atoms with Gasteiger partial charge in [-0.1, -0.05) is 102 Å². The van der Waals surface area contributed by atoms with E-state index in [1.54, 1.807) is 0 Å². The molecule has 0 spiro atoms. The van der Waals surface area contributed by atoms with Gasteiger partial charge in [0.05, 0.1) is 13.2 Å². The lowest BCUT2D eigenvalue weighted by atomic mass is 10.0. The molecule has 2 rings (SSSR count). The van der Waals surface area contributed by atoms with Gasteiger partial charge in [-0.15, -0.1) is 0 Å². The number of rotatable bonds is 15. The van der Waals surface area contributed by atoms with Crippen LogP contribution in [0, 0.1) is 0 Å². The second-order valence-electron chi connectivity index (χ2n) is 7.92. The molecule has 0 aliphatic heterocycles. The van der Waals surface area contributed by atoms with Gasteiger partial charge >= 0.3 is 0 Å². The van der Waals surface area contributed by atoms with Crippen molar-refractivity contribution in [3.05, 3.63) is 65.2 Å². The van der Waals surface area contributed by atoms with Gasteiger partial charge in [0.2, 0.25) is 0 Å². The Bertz CT molecular complexity index is 778. The average molecular weight is 439 g/mol. The van der Waals surface area contributed by atoms with E-state index in [2.05, 4.69) is 39.0 Å². The lowest BCUT2D eigenvalue weighted by Gasteiger charge is -2.17. The van der Waals surface area contributed by atoms with E-state index in [-0.39, 0.29) is 0 Å². The number of hydrogen-bond donors (Lipinski definition) is 0. The summed E-state index contributed by atoms with van der Waals surface area (Å²) in [6.45, 7) is 8.12. The molecule has 0 aliphatic rings. The molecular formula is C28H38O2S. The van der Waals surface area contributed by atoms with Crippen LogP contribution in [-0.4, -0.2) is 18.1 Å². The van der Waals surface area contributed by atoms with Gasteiger partial charge in [-0.25, -0.2) is 0 Å². The highest BCUT2D eigenvalue weighted by Gasteiger charge is 2.13. The SMILES string of the molecule is CCCCCOc1cc(C=CC(=S)c2ccccc2)cc(OCCCCC)c1CCC. The first kappa shape index (κ1) is 25.1. The van der Waals surface area contributed by atoms with E-state index in [9.17, 15) is 0 Å². The summed E-state index contributed by atoms with van der Waals surface area (Å²) < 4.78 is 12.5. The fourth-order valence-corrected chi connectivity index (χ4v) is 3.63. The Kier molecular flexibility index (Phi) is 12.0. The van der Waals surface area contributed by atoms with Crippen molar-refractivity contribution in [1.29, 1.82) is 0 Å². The van der Waals surface area contributed by atoms with Gasteiger partial charge in [0.1, 0.15) is 11.5 Å². The molecule has 0 amide bonds. The molecule has 2 aromatic rings. The second kappa shape index (κ2) is 14.8. The molecule has 3 heteroatoms. The van der Waals surface area contributed by atoms with Crippen LogP contribution in [0.1, 0.15) is 82.4 Å². The van der Waals surface area contributed by atoms with Crippen molar-refractivity contribution in [2.45, 2.75) is 72.1 Å². The minimum Gasteiger partial charge on any atom is -0.493 e. The number of hydrogen-bond acceptors (Lipinski definition) is 3. The van der Waals surface area contributed by atoms with E-state index in [0.29, 0.717) is 0 Å². The van der Waals surface area contributed by atoms with Crippen LogP contribution in [0.4, 0.5) is 0 Å². The monoisotopic (exact) mass is 438 g/mol. The van der Waals surface area contributed by atoms with E-state index in [1.165, 1.54) is 31.2 Å². The topological polar surface area (TPSA) is 18.5 Å². The Morgan fingerprint density at radius 1 is 0.806 bits per heavy atom. The summed E-state index contributed by atoms with van der Waals surface area (Å²) in [6.07, 6.45) is 13.0. The predicted molar refractivity (Wildman–Crippen MR) is 138 cm³/mol. The number of thiocarbonyl (C=S) groups is 1. The molecule has 0 aliphatic carbocycles. The van der Waals surface area contributed by atoms with Crippen LogP contribution in [0.15, 0.2) is 48.5 Å². The van der Waals surface area contributed by atoms with Crippen LogP contribution in [-0.2, 0) is 6.42 Å². The molecule has 0 bridgehead atoms. The van der Waals surface area contributed by atoms with Crippen LogP contribution in [0.5, 0.6) is 11.5 Å². The fraction of sp³-hybridized carbons (Fsp3) is 0.464. The first-order valence-corrected chi connectivity index (χ1v) is 12.3. The molecule has 2 nitrogen and oxygen atoms in total. The zero-order chi connectivity index (χ0) is 22.3. The molecule has 0 radical (unpaired) electrons. The quantitative estimate of drug-likeness (QED) is 0.121. The number of unbranched alkanes of at least 4 members (excludes halogenated alkanes) is 4. The third-order valence-electron chi connectivity index (χ3n) is 5.19. The summed E-state index contributed by atoms with van der Waals surface area (Å²) in [7, 11) is 0. The van der Waals surface area contributed by atoms with Crippen molar-refractivity contribution >= 4 is 23.2 Å². The third kappa shape index (κ3) is 8.86. The van der Waals surface area contributed by atoms with Crippen LogP contribution >= 0.6 is 12.2 Å². The van der Waals surface area contributed by atoms with Gasteiger partial charge in [-0.05, 0) is 48.6 Å². The Labute approximate surface area is 194 Å². The fourth-order valence-electron chi connectivity index (χ4n) is 3.43. The summed E-state index contributed by atoms with van der Waals surface area (Å²) in [5.74, 6) is 1.91. The normalized spacial score (nSPS) is 11.1. The molecule has 0 N–H and O–H groups in total. The Morgan fingerprint density at radius 3 is 1.90 bits per heavy atom. The summed E-state index contributed by atoms with van der Waals surface area (Å²) in [5, 5.41) is 0. The summed E-state index contributed by atoms with van der Waals surface area (Å²) in [5.41, 5.74) is 3.32. The molecule has 31 heavy (non-hydrogen) atoms. The van der Waals surface area contributed by atoms with Crippen LogP contribution in [0.3, 0.4) is 0 Å². The molecule has 0 saturated carbocycles. The standard InChI is InChI=1S/C28H38O2S/c1-4-7-12-19-29-26-21-23(17-18-28(31)24-15-10-9-11-16-24)22-27(25(26)14-6-3)30-20-13-8-5-2/h9-11,15-18,21-22H,4-8,12-14,19-20H2,1-3H3. The maximum atomic E-state index is 6.25.